The van der Waals surface area contributed by atoms with Crippen molar-refractivity contribution in [3.8, 4) is 11.5 Å². The molecule has 0 atom stereocenters. The van der Waals surface area contributed by atoms with Crippen LogP contribution >= 0.6 is 27.5 Å². The zero-order valence-corrected chi connectivity index (χ0v) is 13.1. The molecule has 0 aliphatic carbocycles. The van der Waals surface area contributed by atoms with E-state index in [9.17, 15) is 4.79 Å². The summed E-state index contributed by atoms with van der Waals surface area (Å²) in [5.74, 6) is 1.19. The molecule has 0 bridgehead atoms. The van der Waals surface area contributed by atoms with E-state index in [1.54, 1.807) is 49.6 Å². The molecular weight excluding hydrogens is 344 g/mol. The quantitative estimate of drug-likeness (QED) is 0.747. The van der Waals surface area contributed by atoms with Gasteiger partial charge >= 0.3 is 0 Å². The first-order chi connectivity index (χ1) is 9.60. The van der Waals surface area contributed by atoms with Crippen LogP contribution in [0.2, 0.25) is 5.02 Å². The molecule has 0 aromatic heterocycles. The fourth-order valence-electron chi connectivity index (χ4n) is 1.60. The van der Waals surface area contributed by atoms with Crippen molar-refractivity contribution >= 4 is 33.3 Å². The minimum absolute atomic E-state index is 0.0352. The smallest absolute Gasteiger partial charge is 0.200 e. The summed E-state index contributed by atoms with van der Waals surface area (Å²) in [6.45, 7) is -0.0352. The van der Waals surface area contributed by atoms with Gasteiger partial charge in [0.2, 0.25) is 0 Å². The number of carbonyl (C=O) groups is 1. The third-order valence-electron chi connectivity index (χ3n) is 2.66. The van der Waals surface area contributed by atoms with E-state index in [1.807, 2.05) is 0 Å². The number of halogens is 2. The summed E-state index contributed by atoms with van der Waals surface area (Å²) >= 11 is 9.17. The van der Waals surface area contributed by atoms with Gasteiger partial charge in [-0.25, -0.2) is 0 Å². The molecule has 104 valence electrons. The number of methoxy groups -OCH3 is 1. The molecular formula is C15H12BrClO3. The molecule has 0 saturated heterocycles. The lowest BCUT2D eigenvalue weighted by molar-refractivity contribution is 0.0921. The third-order valence-corrected chi connectivity index (χ3v) is 3.52. The lowest BCUT2D eigenvalue weighted by atomic mass is 10.1. The molecule has 0 N–H and O–H groups in total. The van der Waals surface area contributed by atoms with Crippen LogP contribution in [0.3, 0.4) is 0 Å². The minimum atomic E-state index is -0.102. The van der Waals surface area contributed by atoms with Gasteiger partial charge in [0.05, 0.1) is 11.6 Å². The van der Waals surface area contributed by atoms with Gasteiger partial charge < -0.3 is 9.47 Å². The zero-order chi connectivity index (χ0) is 14.5. The van der Waals surface area contributed by atoms with E-state index in [0.717, 1.165) is 0 Å². The molecule has 3 nitrogen and oxygen atoms in total. The maximum atomic E-state index is 12.0. The van der Waals surface area contributed by atoms with Crippen molar-refractivity contribution in [1.29, 1.82) is 0 Å². The molecule has 5 heteroatoms. The Morgan fingerprint density at radius 2 is 1.90 bits per heavy atom. The van der Waals surface area contributed by atoms with Crippen LogP contribution in [0.4, 0.5) is 0 Å². The summed E-state index contributed by atoms with van der Waals surface area (Å²) in [4.78, 5) is 12.0. The topological polar surface area (TPSA) is 35.5 Å². The Bertz CT molecular complexity index is 611. The number of hydrogen-bond acceptors (Lipinski definition) is 3. The Morgan fingerprint density at radius 3 is 2.50 bits per heavy atom. The lowest BCUT2D eigenvalue weighted by Crippen LogP contribution is -2.11. The molecule has 20 heavy (non-hydrogen) atoms. The first kappa shape index (κ1) is 14.9. The van der Waals surface area contributed by atoms with Crippen molar-refractivity contribution < 1.29 is 14.3 Å². The number of Topliss-reactive ketones (excluding diaryl/α,β-unsaturated/α-hetero) is 1. The van der Waals surface area contributed by atoms with Crippen molar-refractivity contribution in [3.63, 3.8) is 0 Å². The molecule has 0 saturated carbocycles. The highest BCUT2D eigenvalue weighted by molar-refractivity contribution is 9.10. The van der Waals surface area contributed by atoms with Gasteiger partial charge in [0.1, 0.15) is 11.5 Å². The minimum Gasteiger partial charge on any atom is -0.497 e. The van der Waals surface area contributed by atoms with Crippen LogP contribution in [-0.2, 0) is 0 Å². The molecule has 0 fully saturated rings. The summed E-state index contributed by atoms with van der Waals surface area (Å²) in [6.07, 6.45) is 0. The summed E-state index contributed by atoms with van der Waals surface area (Å²) in [5, 5.41) is 0.603. The van der Waals surface area contributed by atoms with Gasteiger partial charge in [-0.2, -0.15) is 0 Å². The lowest BCUT2D eigenvalue weighted by Gasteiger charge is -2.08. The number of rotatable bonds is 5. The van der Waals surface area contributed by atoms with Crippen LogP contribution in [0.25, 0.3) is 0 Å². The molecule has 2 aromatic carbocycles. The fraction of sp³-hybridized carbons (Fsp3) is 0.133. The normalized spacial score (nSPS) is 10.2. The van der Waals surface area contributed by atoms with Crippen molar-refractivity contribution in [2.24, 2.45) is 0 Å². The Balaban J connectivity index is 2.00. The van der Waals surface area contributed by atoms with Crippen LogP contribution < -0.4 is 9.47 Å². The largest absolute Gasteiger partial charge is 0.497 e. The first-order valence-electron chi connectivity index (χ1n) is 5.85. The van der Waals surface area contributed by atoms with Gasteiger partial charge in [0, 0.05) is 10.6 Å². The van der Waals surface area contributed by atoms with E-state index in [-0.39, 0.29) is 12.4 Å². The van der Waals surface area contributed by atoms with Gasteiger partial charge in [-0.15, -0.1) is 0 Å². The van der Waals surface area contributed by atoms with Gasteiger partial charge in [-0.05, 0) is 58.4 Å². The molecule has 0 aliphatic rings. The van der Waals surface area contributed by atoms with E-state index in [4.69, 9.17) is 21.1 Å². The third kappa shape index (κ3) is 3.74. The molecule has 2 rings (SSSR count). The van der Waals surface area contributed by atoms with E-state index in [1.165, 1.54) is 0 Å². The monoisotopic (exact) mass is 354 g/mol. The second-order valence-electron chi connectivity index (χ2n) is 4.02. The average Bonchev–Trinajstić information content (AvgIpc) is 2.46. The number of ketones is 1. The molecule has 0 unspecified atom stereocenters. The van der Waals surface area contributed by atoms with Crippen LogP contribution in [-0.4, -0.2) is 19.5 Å². The van der Waals surface area contributed by atoms with E-state index >= 15 is 0 Å². The van der Waals surface area contributed by atoms with Crippen LogP contribution in [0, 0.1) is 0 Å². The van der Waals surface area contributed by atoms with Crippen molar-refractivity contribution in [1.82, 2.24) is 0 Å². The molecule has 0 aliphatic heterocycles. The summed E-state index contributed by atoms with van der Waals surface area (Å²) in [7, 11) is 1.58. The predicted octanol–water partition coefficient (Wildman–Crippen LogP) is 4.37. The van der Waals surface area contributed by atoms with Crippen molar-refractivity contribution in [2.45, 2.75) is 0 Å². The number of carbonyl (C=O) groups excluding carboxylic acids is 1. The van der Waals surface area contributed by atoms with Gasteiger partial charge in [-0.1, -0.05) is 11.6 Å². The number of benzene rings is 2. The van der Waals surface area contributed by atoms with Crippen molar-refractivity contribution in [2.75, 3.05) is 13.7 Å². The van der Waals surface area contributed by atoms with E-state index < -0.39 is 0 Å². The highest BCUT2D eigenvalue weighted by Gasteiger charge is 2.09. The van der Waals surface area contributed by atoms with Crippen molar-refractivity contribution in [3.05, 3.63) is 57.5 Å². The van der Waals surface area contributed by atoms with Gasteiger partial charge in [-0.3, -0.25) is 4.79 Å². The van der Waals surface area contributed by atoms with Crippen LogP contribution in [0.15, 0.2) is 46.9 Å². The maximum Gasteiger partial charge on any atom is 0.200 e. The Hall–Kier alpha value is -1.52. The summed E-state index contributed by atoms with van der Waals surface area (Å²) < 4.78 is 11.2. The summed E-state index contributed by atoms with van der Waals surface area (Å²) in [6, 6.07) is 12.0. The number of hydrogen-bond donors (Lipinski definition) is 0. The predicted molar refractivity (Wildman–Crippen MR) is 82.0 cm³/mol. The number of ether oxygens (including phenoxy) is 2. The maximum absolute atomic E-state index is 12.0. The van der Waals surface area contributed by atoms with Gasteiger partial charge in [0.25, 0.3) is 0 Å². The fourth-order valence-corrected chi connectivity index (χ4v) is 2.39. The Kier molecular flexibility index (Phi) is 5.04. The Labute approximate surface area is 130 Å². The molecule has 0 spiro atoms. The van der Waals surface area contributed by atoms with E-state index in [0.29, 0.717) is 26.6 Å². The highest BCUT2D eigenvalue weighted by atomic mass is 79.9. The van der Waals surface area contributed by atoms with Crippen LogP contribution in [0.5, 0.6) is 11.5 Å². The second kappa shape index (κ2) is 6.77. The standard InChI is InChI=1S/C15H12BrClO3/c1-19-12-5-2-10(3-6-12)14(18)9-20-15-7-4-11(17)8-13(15)16/h2-8H,9H2,1H3. The SMILES string of the molecule is COc1ccc(C(=O)COc2ccc(Cl)cc2Br)cc1. The zero-order valence-electron chi connectivity index (χ0n) is 10.7. The van der Waals surface area contributed by atoms with Crippen LogP contribution in [0.1, 0.15) is 10.4 Å². The van der Waals surface area contributed by atoms with E-state index in [2.05, 4.69) is 15.9 Å². The van der Waals surface area contributed by atoms with Gasteiger partial charge in [0.15, 0.2) is 12.4 Å². The first-order valence-corrected chi connectivity index (χ1v) is 7.02. The summed E-state index contributed by atoms with van der Waals surface area (Å²) in [5.41, 5.74) is 0.580. The molecule has 0 amide bonds. The Morgan fingerprint density at radius 1 is 1.20 bits per heavy atom. The highest BCUT2D eigenvalue weighted by Crippen LogP contribution is 2.28. The average molecular weight is 356 g/mol. The molecule has 0 radical (unpaired) electrons. The second-order valence-corrected chi connectivity index (χ2v) is 5.31. The molecule has 0 heterocycles. The molecule has 2 aromatic rings.